The Labute approximate surface area is 191 Å². The van der Waals surface area contributed by atoms with Gasteiger partial charge >= 0.3 is 0 Å². The molecule has 0 amide bonds. The molecule has 1 N–H and O–H groups in total. The molecular formula is C22H16BrN5O3S. The van der Waals surface area contributed by atoms with Crippen LogP contribution < -0.4 is 10.1 Å². The topological polar surface area (TPSA) is 98.5 Å². The molecule has 3 aromatic carbocycles. The summed E-state index contributed by atoms with van der Waals surface area (Å²) in [4.78, 5) is 4.73. The zero-order valence-electron chi connectivity index (χ0n) is 16.7. The van der Waals surface area contributed by atoms with Crippen LogP contribution in [0.4, 0.5) is 11.5 Å². The number of nitrogens with zero attached hydrogens (tertiary/aromatic N) is 4. The van der Waals surface area contributed by atoms with Crippen LogP contribution in [0, 0.1) is 0 Å². The third-order valence-electron chi connectivity index (χ3n) is 4.96. The summed E-state index contributed by atoms with van der Waals surface area (Å²) >= 11 is 3.32. The van der Waals surface area contributed by atoms with Crippen molar-refractivity contribution in [1.29, 1.82) is 0 Å². The van der Waals surface area contributed by atoms with E-state index in [1.54, 1.807) is 19.2 Å². The summed E-state index contributed by atoms with van der Waals surface area (Å²) in [5, 5.41) is 11.9. The number of benzene rings is 3. The van der Waals surface area contributed by atoms with E-state index in [0.29, 0.717) is 22.8 Å². The van der Waals surface area contributed by atoms with E-state index in [2.05, 4.69) is 36.5 Å². The first-order chi connectivity index (χ1) is 15.5. The fraction of sp³-hybridized carbons (Fsp3) is 0.0455. The smallest absolute Gasteiger partial charge is 0.229 e. The number of sulfone groups is 1. The molecule has 0 spiro atoms. The molecule has 0 saturated carbocycles. The Balaban J connectivity index is 1.74. The molecule has 0 saturated heterocycles. The quantitative estimate of drug-likeness (QED) is 0.368. The number of ether oxygens (including phenoxy) is 1. The van der Waals surface area contributed by atoms with Crippen molar-refractivity contribution in [2.75, 3.05) is 12.4 Å². The molecule has 2 aromatic heterocycles. The maximum Gasteiger partial charge on any atom is 0.229 e. The maximum atomic E-state index is 13.3. The number of para-hydroxylation sites is 3. The average molecular weight is 510 g/mol. The second kappa shape index (κ2) is 7.88. The Morgan fingerprint density at radius 3 is 2.47 bits per heavy atom. The van der Waals surface area contributed by atoms with Crippen molar-refractivity contribution in [1.82, 2.24) is 19.8 Å². The Morgan fingerprint density at radius 1 is 0.969 bits per heavy atom. The van der Waals surface area contributed by atoms with E-state index in [1.807, 2.05) is 48.5 Å². The van der Waals surface area contributed by atoms with Crippen LogP contribution in [0.15, 0.2) is 87.2 Å². The van der Waals surface area contributed by atoms with E-state index in [4.69, 9.17) is 4.74 Å². The summed E-state index contributed by atoms with van der Waals surface area (Å²) in [6.07, 6.45) is 0. The van der Waals surface area contributed by atoms with Crippen LogP contribution in [0.3, 0.4) is 0 Å². The molecule has 0 aliphatic heterocycles. The molecule has 5 rings (SSSR count). The first-order valence-electron chi connectivity index (χ1n) is 9.54. The van der Waals surface area contributed by atoms with Crippen LogP contribution in [-0.4, -0.2) is 35.3 Å². The molecule has 0 bridgehead atoms. The first-order valence-corrected chi connectivity index (χ1v) is 11.8. The molecule has 0 aliphatic rings. The number of rotatable bonds is 5. The lowest BCUT2D eigenvalue weighted by atomic mass is 10.2. The second-order valence-electron chi connectivity index (χ2n) is 6.89. The third kappa shape index (κ3) is 3.37. The van der Waals surface area contributed by atoms with Crippen LogP contribution >= 0.6 is 15.9 Å². The van der Waals surface area contributed by atoms with Gasteiger partial charge in [0.2, 0.25) is 14.9 Å². The summed E-state index contributed by atoms with van der Waals surface area (Å²) < 4.78 is 34.3. The molecule has 2 heterocycles. The number of methoxy groups -OCH3 is 1. The van der Waals surface area contributed by atoms with Crippen LogP contribution in [0.2, 0.25) is 0 Å². The van der Waals surface area contributed by atoms with E-state index in [-0.39, 0.29) is 15.6 Å². The van der Waals surface area contributed by atoms with Gasteiger partial charge in [-0.1, -0.05) is 45.4 Å². The zero-order valence-corrected chi connectivity index (χ0v) is 19.1. The van der Waals surface area contributed by atoms with Gasteiger partial charge in [-0.3, -0.25) is 0 Å². The molecular weight excluding hydrogens is 494 g/mol. The zero-order chi connectivity index (χ0) is 22.3. The van der Waals surface area contributed by atoms with Gasteiger partial charge in [-0.25, -0.2) is 13.4 Å². The predicted molar refractivity (Wildman–Crippen MR) is 124 cm³/mol. The summed E-state index contributed by atoms with van der Waals surface area (Å²) in [5.74, 6) is 1.10. The molecule has 5 aromatic rings. The highest BCUT2D eigenvalue weighted by molar-refractivity contribution is 9.10. The van der Waals surface area contributed by atoms with E-state index >= 15 is 0 Å². The summed E-state index contributed by atoms with van der Waals surface area (Å²) in [6, 6.07) is 21.2. The van der Waals surface area contributed by atoms with Crippen LogP contribution in [0.5, 0.6) is 5.75 Å². The van der Waals surface area contributed by atoms with Crippen LogP contribution in [0.1, 0.15) is 0 Å². The van der Waals surface area contributed by atoms with Gasteiger partial charge in [0.25, 0.3) is 0 Å². The van der Waals surface area contributed by atoms with Crippen LogP contribution in [-0.2, 0) is 9.84 Å². The van der Waals surface area contributed by atoms with Crippen LogP contribution in [0.25, 0.3) is 16.6 Å². The molecule has 0 unspecified atom stereocenters. The largest absolute Gasteiger partial charge is 0.495 e. The van der Waals surface area contributed by atoms with Gasteiger partial charge in [-0.15, -0.1) is 5.10 Å². The lowest BCUT2D eigenvalue weighted by molar-refractivity contribution is 0.417. The Bertz CT molecular complexity index is 1570. The van der Waals surface area contributed by atoms with E-state index in [9.17, 15) is 8.42 Å². The molecule has 0 aliphatic carbocycles. The monoisotopic (exact) mass is 509 g/mol. The minimum atomic E-state index is -3.94. The van der Waals surface area contributed by atoms with Crippen molar-refractivity contribution in [3.8, 4) is 5.75 Å². The number of nitrogens with one attached hydrogen (secondary N) is 1. The number of aromatic nitrogens is 4. The molecule has 10 heteroatoms. The van der Waals surface area contributed by atoms with Gasteiger partial charge in [0.05, 0.1) is 23.2 Å². The standard InChI is InChI=1S/C22H16BrN5O3S/c1-31-19-9-5-3-7-17(19)24-20-16-6-2-4-8-18(16)28-21(25-20)22(26-27-28)32(29,30)15-12-10-14(23)11-13-15/h2-13H,1H3,(H,24,25). The fourth-order valence-electron chi connectivity index (χ4n) is 3.42. The summed E-state index contributed by atoms with van der Waals surface area (Å²) in [5.41, 5.74) is 1.49. The minimum Gasteiger partial charge on any atom is -0.495 e. The highest BCUT2D eigenvalue weighted by atomic mass is 79.9. The molecule has 0 atom stereocenters. The normalized spacial score (nSPS) is 11.7. The Hall–Kier alpha value is -3.50. The molecule has 160 valence electrons. The number of hydrogen-bond donors (Lipinski definition) is 1. The summed E-state index contributed by atoms with van der Waals surface area (Å²) in [7, 11) is -2.36. The lowest BCUT2D eigenvalue weighted by Gasteiger charge is -2.13. The molecule has 32 heavy (non-hydrogen) atoms. The summed E-state index contributed by atoms with van der Waals surface area (Å²) in [6.45, 7) is 0. The van der Waals surface area contributed by atoms with Gasteiger partial charge in [-0.2, -0.15) is 4.52 Å². The van der Waals surface area contributed by atoms with Gasteiger partial charge in [0, 0.05) is 9.86 Å². The highest BCUT2D eigenvalue weighted by Gasteiger charge is 2.27. The Morgan fingerprint density at radius 2 is 1.69 bits per heavy atom. The van der Waals surface area contributed by atoms with E-state index in [1.165, 1.54) is 16.6 Å². The molecule has 8 nitrogen and oxygen atoms in total. The SMILES string of the molecule is COc1ccccc1Nc1nc2c(S(=O)(=O)c3ccc(Br)cc3)nnn2c2ccccc12. The van der Waals surface area contributed by atoms with Crippen molar-refractivity contribution >= 4 is 53.8 Å². The number of fused-ring (bicyclic) bond motifs is 3. The number of anilines is 2. The Kier molecular flexibility index (Phi) is 5.03. The average Bonchev–Trinajstić information content (AvgIpc) is 3.25. The van der Waals surface area contributed by atoms with E-state index < -0.39 is 9.84 Å². The van der Waals surface area contributed by atoms with Crippen molar-refractivity contribution in [3.05, 3.63) is 77.3 Å². The van der Waals surface area contributed by atoms with Crippen molar-refractivity contribution in [2.45, 2.75) is 9.92 Å². The van der Waals surface area contributed by atoms with Gasteiger partial charge in [0.1, 0.15) is 11.6 Å². The second-order valence-corrected chi connectivity index (χ2v) is 9.67. The van der Waals surface area contributed by atoms with Crippen molar-refractivity contribution in [2.24, 2.45) is 0 Å². The van der Waals surface area contributed by atoms with Gasteiger partial charge < -0.3 is 10.1 Å². The first kappa shape index (κ1) is 20.4. The van der Waals surface area contributed by atoms with E-state index in [0.717, 1.165) is 9.86 Å². The lowest BCUT2D eigenvalue weighted by Crippen LogP contribution is -2.06. The third-order valence-corrected chi connectivity index (χ3v) is 7.16. The predicted octanol–water partition coefficient (Wildman–Crippen LogP) is 4.63. The molecule has 0 radical (unpaired) electrons. The highest BCUT2D eigenvalue weighted by Crippen LogP contribution is 2.32. The van der Waals surface area contributed by atoms with Crippen molar-refractivity contribution < 1.29 is 13.2 Å². The maximum absolute atomic E-state index is 13.3. The minimum absolute atomic E-state index is 0.109. The van der Waals surface area contributed by atoms with Crippen molar-refractivity contribution in [3.63, 3.8) is 0 Å². The number of halogens is 1. The van der Waals surface area contributed by atoms with Gasteiger partial charge in [0.15, 0.2) is 5.65 Å². The van der Waals surface area contributed by atoms with Gasteiger partial charge in [-0.05, 0) is 48.5 Å². The fourth-order valence-corrected chi connectivity index (χ4v) is 4.91. The number of hydrogen-bond acceptors (Lipinski definition) is 7. The molecule has 0 fully saturated rings.